The molecule has 3 rings (SSSR count). The first-order chi connectivity index (χ1) is 11.1. The zero-order valence-corrected chi connectivity index (χ0v) is 13.4. The minimum atomic E-state index is -0.164. The topological polar surface area (TPSA) is 87.2 Å². The summed E-state index contributed by atoms with van der Waals surface area (Å²) in [4.78, 5) is 33.1. The number of amides is 2. The first kappa shape index (κ1) is 15.7. The Labute approximate surface area is 135 Å². The fraction of sp³-hybridized carbons (Fsp3) is 0.625. The van der Waals surface area contributed by atoms with Crippen molar-refractivity contribution in [1.82, 2.24) is 20.2 Å². The maximum Gasteiger partial charge on any atom is 0.241 e. The molecule has 1 aliphatic carbocycles. The van der Waals surface area contributed by atoms with E-state index in [9.17, 15) is 9.59 Å². The number of aromatic nitrogens is 2. The van der Waals surface area contributed by atoms with Crippen LogP contribution < -0.4 is 10.6 Å². The molecule has 2 aliphatic rings. The van der Waals surface area contributed by atoms with E-state index in [1.807, 2.05) is 4.90 Å². The average molecular weight is 317 g/mol. The summed E-state index contributed by atoms with van der Waals surface area (Å²) in [5.74, 6) is 0.542. The maximum atomic E-state index is 12.0. The molecule has 7 nitrogen and oxygen atoms in total. The Morgan fingerprint density at radius 3 is 2.52 bits per heavy atom. The van der Waals surface area contributed by atoms with Crippen LogP contribution >= 0.6 is 0 Å². The van der Waals surface area contributed by atoms with Gasteiger partial charge in [-0.3, -0.25) is 9.59 Å². The molecule has 0 atom stereocenters. The highest BCUT2D eigenvalue weighted by Gasteiger charge is 2.46. The van der Waals surface area contributed by atoms with E-state index in [2.05, 4.69) is 20.6 Å². The summed E-state index contributed by atoms with van der Waals surface area (Å²) in [5, 5.41) is 5.94. The van der Waals surface area contributed by atoms with Crippen LogP contribution in [0.2, 0.25) is 0 Å². The van der Waals surface area contributed by atoms with Crippen LogP contribution in [0.15, 0.2) is 18.5 Å². The van der Waals surface area contributed by atoms with Gasteiger partial charge in [0.1, 0.15) is 0 Å². The van der Waals surface area contributed by atoms with Crippen LogP contribution in [0.1, 0.15) is 32.6 Å². The van der Waals surface area contributed by atoms with Crippen molar-refractivity contribution in [3.63, 3.8) is 0 Å². The number of rotatable bonds is 4. The third-order valence-corrected chi connectivity index (χ3v) is 4.92. The fourth-order valence-electron chi connectivity index (χ4n) is 3.59. The molecule has 1 saturated heterocycles. The molecular weight excluding hydrogens is 294 g/mol. The van der Waals surface area contributed by atoms with Crippen LogP contribution in [0.5, 0.6) is 0 Å². The van der Waals surface area contributed by atoms with Crippen molar-refractivity contribution in [3.05, 3.63) is 18.5 Å². The lowest BCUT2D eigenvalue weighted by molar-refractivity contribution is -0.135. The summed E-state index contributed by atoms with van der Waals surface area (Å²) in [6, 6.07) is 2.24. The smallest absolute Gasteiger partial charge is 0.241 e. The van der Waals surface area contributed by atoms with Gasteiger partial charge in [-0.2, -0.15) is 0 Å². The molecule has 1 aromatic heterocycles. The molecule has 2 fully saturated rings. The van der Waals surface area contributed by atoms with Gasteiger partial charge in [0.05, 0.1) is 6.54 Å². The number of carbonyl (C=O) groups excluding carboxylic acids is 2. The van der Waals surface area contributed by atoms with Crippen LogP contribution in [-0.4, -0.2) is 52.4 Å². The molecular formula is C16H23N5O2. The van der Waals surface area contributed by atoms with Gasteiger partial charge in [0.15, 0.2) is 0 Å². The highest BCUT2D eigenvalue weighted by Crippen LogP contribution is 2.49. The van der Waals surface area contributed by atoms with Crippen molar-refractivity contribution in [1.29, 1.82) is 0 Å². The molecule has 0 radical (unpaired) electrons. The van der Waals surface area contributed by atoms with Gasteiger partial charge in [-0.05, 0) is 37.2 Å². The Hall–Kier alpha value is -2.18. The minimum Gasteiger partial charge on any atom is -0.351 e. The summed E-state index contributed by atoms with van der Waals surface area (Å²) < 4.78 is 0. The quantitative estimate of drug-likeness (QED) is 0.857. The number of hydrogen-bond acceptors (Lipinski definition) is 5. The van der Waals surface area contributed by atoms with Gasteiger partial charge >= 0.3 is 0 Å². The van der Waals surface area contributed by atoms with Gasteiger partial charge in [-0.25, -0.2) is 9.97 Å². The lowest BCUT2D eigenvalue weighted by Crippen LogP contribution is -2.53. The van der Waals surface area contributed by atoms with Crippen LogP contribution in [0, 0.1) is 5.41 Å². The highest BCUT2D eigenvalue weighted by atomic mass is 16.2. The summed E-state index contributed by atoms with van der Waals surface area (Å²) >= 11 is 0. The van der Waals surface area contributed by atoms with Gasteiger partial charge in [-0.1, -0.05) is 0 Å². The first-order valence-electron chi connectivity index (χ1n) is 8.12. The van der Waals surface area contributed by atoms with Gasteiger partial charge in [0, 0.05) is 38.4 Å². The molecule has 0 unspecified atom stereocenters. The predicted octanol–water partition coefficient (Wildman–Crippen LogP) is 0.796. The second-order valence-electron chi connectivity index (χ2n) is 6.61. The van der Waals surface area contributed by atoms with E-state index < -0.39 is 0 Å². The summed E-state index contributed by atoms with van der Waals surface area (Å²) in [6.07, 6.45) is 7.77. The standard InChI is InChI=1S/C16H23N5O2/c1-12(22)19-11-14(23)21-7-3-16(4-8-21)9-13(10-16)20-15-17-5-2-6-18-15/h2,5-6,13H,3-4,7-11H2,1H3,(H,19,22)(H,17,18,20). The number of carbonyl (C=O) groups is 2. The molecule has 0 bridgehead atoms. The largest absolute Gasteiger partial charge is 0.351 e. The molecule has 124 valence electrons. The monoisotopic (exact) mass is 317 g/mol. The Morgan fingerprint density at radius 2 is 1.91 bits per heavy atom. The fourth-order valence-corrected chi connectivity index (χ4v) is 3.59. The van der Waals surface area contributed by atoms with Crippen molar-refractivity contribution < 1.29 is 9.59 Å². The van der Waals surface area contributed by atoms with Gasteiger partial charge < -0.3 is 15.5 Å². The van der Waals surface area contributed by atoms with E-state index in [0.29, 0.717) is 17.4 Å². The van der Waals surface area contributed by atoms with Crippen molar-refractivity contribution in [3.8, 4) is 0 Å². The number of nitrogens with one attached hydrogen (secondary N) is 2. The molecule has 7 heteroatoms. The molecule has 1 spiro atoms. The Bertz CT molecular complexity index is 561. The number of hydrogen-bond donors (Lipinski definition) is 2. The van der Waals surface area contributed by atoms with E-state index in [1.54, 1.807) is 18.5 Å². The van der Waals surface area contributed by atoms with E-state index in [0.717, 1.165) is 38.8 Å². The molecule has 2 N–H and O–H groups in total. The minimum absolute atomic E-state index is 0.0155. The number of nitrogens with zero attached hydrogens (tertiary/aromatic N) is 3. The van der Waals surface area contributed by atoms with Crippen molar-refractivity contribution in [2.24, 2.45) is 5.41 Å². The predicted molar refractivity (Wildman–Crippen MR) is 85.6 cm³/mol. The van der Waals surface area contributed by atoms with Crippen LogP contribution in [0.4, 0.5) is 5.95 Å². The van der Waals surface area contributed by atoms with Crippen molar-refractivity contribution in [2.45, 2.75) is 38.6 Å². The summed E-state index contributed by atoms with van der Waals surface area (Å²) in [6.45, 7) is 3.11. The number of anilines is 1. The molecule has 1 aliphatic heterocycles. The zero-order chi connectivity index (χ0) is 16.3. The molecule has 2 heterocycles. The van der Waals surface area contributed by atoms with E-state index >= 15 is 0 Å². The molecule has 23 heavy (non-hydrogen) atoms. The lowest BCUT2D eigenvalue weighted by atomic mass is 9.60. The molecule has 2 amide bonds. The summed E-state index contributed by atoms with van der Waals surface area (Å²) in [5.41, 5.74) is 0.358. The highest BCUT2D eigenvalue weighted by molar-refractivity contribution is 5.83. The van der Waals surface area contributed by atoms with Crippen LogP contribution in [-0.2, 0) is 9.59 Å². The molecule has 1 saturated carbocycles. The Balaban J connectivity index is 1.42. The average Bonchev–Trinajstić information content (AvgIpc) is 2.53. The summed E-state index contributed by atoms with van der Waals surface area (Å²) in [7, 11) is 0. The van der Waals surface area contributed by atoms with Gasteiger partial charge in [0.2, 0.25) is 17.8 Å². The lowest BCUT2D eigenvalue weighted by Gasteiger charge is -2.52. The number of likely N-dealkylation sites (tertiary alicyclic amines) is 1. The normalized spacial score (nSPS) is 20.0. The molecule has 1 aromatic rings. The second-order valence-corrected chi connectivity index (χ2v) is 6.61. The maximum absolute atomic E-state index is 12.0. The first-order valence-corrected chi connectivity index (χ1v) is 8.12. The zero-order valence-electron chi connectivity index (χ0n) is 13.4. The van der Waals surface area contributed by atoms with Crippen molar-refractivity contribution in [2.75, 3.05) is 25.0 Å². The van der Waals surface area contributed by atoms with Crippen LogP contribution in [0.3, 0.4) is 0 Å². The number of piperidine rings is 1. The van der Waals surface area contributed by atoms with E-state index in [4.69, 9.17) is 0 Å². The van der Waals surface area contributed by atoms with E-state index in [-0.39, 0.29) is 18.4 Å². The second kappa shape index (κ2) is 6.52. The van der Waals surface area contributed by atoms with Gasteiger partial charge in [0.25, 0.3) is 0 Å². The SMILES string of the molecule is CC(=O)NCC(=O)N1CCC2(CC1)CC(Nc1ncccn1)C2. The third kappa shape index (κ3) is 3.78. The third-order valence-electron chi connectivity index (χ3n) is 4.92. The van der Waals surface area contributed by atoms with Gasteiger partial charge in [-0.15, -0.1) is 0 Å². The van der Waals surface area contributed by atoms with Crippen molar-refractivity contribution >= 4 is 17.8 Å². The Morgan fingerprint density at radius 1 is 1.26 bits per heavy atom. The van der Waals surface area contributed by atoms with E-state index in [1.165, 1.54) is 6.92 Å². The molecule has 0 aromatic carbocycles. The van der Waals surface area contributed by atoms with Crippen LogP contribution in [0.25, 0.3) is 0 Å². The Kier molecular flexibility index (Phi) is 4.45.